The summed E-state index contributed by atoms with van der Waals surface area (Å²) in [5.41, 5.74) is 2.67. The lowest BCUT2D eigenvalue weighted by atomic mass is 9.87. The van der Waals surface area contributed by atoms with E-state index in [1.54, 1.807) is 13.2 Å². The molecule has 0 amide bonds. The highest BCUT2D eigenvalue weighted by Gasteiger charge is 2.19. The lowest BCUT2D eigenvalue weighted by Crippen LogP contribution is -2.26. The SMILES string of the molecule is COCCCCNC1CCCc2cc(O)ccc21. The monoisotopic (exact) mass is 249 g/mol. The summed E-state index contributed by atoms with van der Waals surface area (Å²) < 4.78 is 5.05. The van der Waals surface area contributed by atoms with Gasteiger partial charge in [0.15, 0.2) is 0 Å². The van der Waals surface area contributed by atoms with Gasteiger partial charge in [-0.15, -0.1) is 0 Å². The third-order valence-corrected chi connectivity index (χ3v) is 3.61. The van der Waals surface area contributed by atoms with Crippen molar-refractivity contribution in [2.24, 2.45) is 0 Å². The summed E-state index contributed by atoms with van der Waals surface area (Å²) in [6.45, 7) is 1.88. The summed E-state index contributed by atoms with van der Waals surface area (Å²) in [7, 11) is 1.75. The first-order valence-corrected chi connectivity index (χ1v) is 6.85. The molecule has 1 aromatic rings. The number of aromatic hydroxyl groups is 1. The molecule has 0 bridgehead atoms. The van der Waals surface area contributed by atoms with Crippen molar-refractivity contribution in [3.63, 3.8) is 0 Å². The number of nitrogens with one attached hydrogen (secondary N) is 1. The van der Waals surface area contributed by atoms with Gasteiger partial charge in [0.2, 0.25) is 0 Å². The molecule has 0 aromatic heterocycles. The number of phenols is 1. The molecule has 2 rings (SSSR count). The number of hydrogen-bond acceptors (Lipinski definition) is 3. The lowest BCUT2D eigenvalue weighted by molar-refractivity contribution is 0.192. The van der Waals surface area contributed by atoms with E-state index in [1.807, 2.05) is 6.07 Å². The van der Waals surface area contributed by atoms with Gasteiger partial charge in [0, 0.05) is 19.8 Å². The topological polar surface area (TPSA) is 41.5 Å². The van der Waals surface area contributed by atoms with E-state index >= 15 is 0 Å². The molecule has 0 saturated heterocycles. The molecule has 0 spiro atoms. The van der Waals surface area contributed by atoms with Crippen molar-refractivity contribution in [2.75, 3.05) is 20.3 Å². The number of hydrogen-bond donors (Lipinski definition) is 2. The second kappa shape index (κ2) is 6.76. The average Bonchev–Trinajstić information content (AvgIpc) is 2.38. The van der Waals surface area contributed by atoms with Gasteiger partial charge in [0.1, 0.15) is 5.75 Å². The van der Waals surface area contributed by atoms with Crippen molar-refractivity contribution in [2.45, 2.75) is 38.1 Å². The van der Waals surface area contributed by atoms with Crippen molar-refractivity contribution >= 4 is 0 Å². The minimum absolute atomic E-state index is 0.384. The van der Waals surface area contributed by atoms with Crippen LogP contribution in [0.3, 0.4) is 0 Å². The quantitative estimate of drug-likeness (QED) is 0.762. The largest absolute Gasteiger partial charge is 0.508 e. The van der Waals surface area contributed by atoms with Gasteiger partial charge < -0.3 is 15.2 Å². The molecular formula is C15H23NO2. The molecule has 3 nitrogen and oxygen atoms in total. The van der Waals surface area contributed by atoms with Gasteiger partial charge in [-0.3, -0.25) is 0 Å². The van der Waals surface area contributed by atoms with Crippen LogP contribution in [0.25, 0.3) is 0 Å². The standard InChI is InChI=1S/C15H23NO2/c1-18-10-3-2-9-16-15-6-4-5-12-11-13(17)7-8-14(12)15/h7-8,11,15-17H,2-6,9-10H2,1H3. The zero-order chi connectivity index (χ0) is 12.8. The fraction of sp³-hybridized carbons (Fsp3) is 0.600. The lowest BCUT2D eigenvalue weighted by Gasteiger charge is -2.26. The average molecular weight is 249 g/mol. The zero-order valence-corrected chi connectivity index (χ0v) is 11.1. The summed E-state index contributed by atoms with van der Waals surface area (Å²) in [5, 5.41) is 13.1. The van der Waals surface area contributed by atoms with Gasteiger partial charge in [-0.05, 0) is 61.9 Å². The van der Waals surface area contributed by atoms with Crippen LogP contribution in [-0.4, -0.2) is 25.4 Å². The van der Waals surface area contributed by atoms with Gasteiger partial charge in [-0.25, -0.2) is 0 Å². The maximum Gasteiger partial charge on any atom is 0.115 e. The fourth-order valence-corrected chi connectivity index (χ4v) is 2.66. The van der Waals surface area contributed by atoms with E-state index in [0.29, 0.717) is 11.8 Å². The summed E-state index contributed by atoms with van der Waals surface area (Å²) in [5.74, 6) is 0.384. The summed E-state index contributed by atoms with van der Waals surface area (Å²) in [6, 6.07) is 6.23. The number of aryl methyl sites for hydroxylation is 1. The highest BCUT2D eigenvalue weighted by Crippen LogP contribution is 2.31. The molecule has 0 saturated carbocycles. The highest BCUT2D eigenvalue weighted by molar-refractivity contribution is 5.38. The molecule has 2 N–H and O–H groups in total. The maximum absolute atomic E-state index is 9.51. The molecule has 1 atom stereocenters. The highest BCUT2D eigenvalue weighted by atomic mass is 16.5. The van der Waals surface area contributed by atoms with E-state index in [2.05, 4.69) is 11.4 Å². The molecule has 0 aliphatic heterocycles. The Morgan fingerprint density at radius 3 is 3.11 bits per heavy atom. The van der Waals surface area contributed by atoms with Crippen LogP contribution in [0, 0.1) is 0 Å². The molecule has 0 heterocycles. The van der Waals surface area contributed by atoms with E-state index in [4.69, 9.17) is 4.74 Å². The van der Waals surface area contributed by atoms with Crippen LogP contribution in [0.15, 0.2) is 18.2 Å². The zero-order valence-electron chi connectivity index (χ0n) is 11.1. The molecular weight excluding hydrogens is 226 g/mol. The second-order valence-corrected chi connectivity index (χ2v) is 4.98. The van der Waals surface area contributed by atoms with Gasteiger partial charge in [0.25, 0.3) is 0 Å². The van der Waals surface area contributed by atoms with Crippen LogP contribution >= 0.6 is 0 Å². The van der Waals surface area contributed by atoms with Gasteiger partial charge in [-0.1, -0.05) is 6.07 Å². The van der Waals surface area contributed by atoms with Crippen LogP contribution in [0.5, 0.6) is 5.75 Å². The van der Waals surface area contributed by atoms with Crippen molar-refractivity contribution in [3.8, 4) is 5.75 Å². The van der Waals surface area contributed by atoms with Crippen LogP contribution in [-0.2, 0) is 11.2 Å². The van der Waals surface area contributed by atoms with Crippen LogP contribution < -0.4 is 5.32 Å². The minimum atomic E-state index is 0.384. The number of fused-ring (bicyclic) bond motifs is 1. The molecule has 1 aliphatic carbocycles. The van der Waals surface area contributed by atoms with Gasteiger partial charge in [0.05, 0.1) is 0 Å². The number of methoxy groups -OCH3 is 1. The first kappa shape index (κ1) is 13.4. The number of ether oxygens (including phenoxy) is 1. The molecule has 100 valence electrons. The van der Waals surface area contributed by atoms with Crippen molar-refractivity contribution < 1.29 is 9.84 Å². The van der Waals surface area contributed by atoms with E-state index in [-0.39, 0.29) is 0 Å². The second-order valence-electron chi connectivity index (χ2n) is 4.98. The van der Waals surface area contributed by atoms with E-state index < -0.39 is 0 Å². The summed E-state index contributed by atoms with van der Waals surface area (Å²) in [4.78, 5) is 0. The smallest absolute Gasteiger partial charge is 0.115 e. The van der Waals surface area contributed by atoms with Crippen LogP contribution in [0.2, 0.25) is 0 Å². The predicted molar refractivity (Wildman–Crippen MR) is 72.9 cm³/mol. The van der Waals surface area contributed by atoms with Gasteiger partial charge >= 0.3 is 0 Å². The normalized spacial score (nSPS) is 18.6. The minimum Gasteiger partial charge on any atom is -0.508 e. The maximum atomic E-state index is 9.51. The van der Waals surface area contributed by atoms with E-state index in [0.717, 1.165) is 32.4 Å². The van der Waals surface area contributed by atoms with Gasteiger partial charge in [-0.2, -0.15) is 0 Å². The fourth-order valence-electron chi connectivity index (χ4n) is 2.66. The Bertz CT molecular complexity index is 379. The molecule has 0 fully saturated rings. The van der Waals surface area contributed by atoms with Crippen molar-refractivity contribution in [3.05, 3.63) is 29.3 Å². The number of unbranched alkanes of at least 4 members (excludes halogenated alkanes) is 1. The Balaban J connectivity index is 1.88. The number of benzene rings is 1. The van der Waals surface area contributed by atoms with Crippen molar-refractivity contribution in [1.29, 1.82) is 0 Å². The molecule has 3 heteroatoms. The predicted octanol–water partition coefficient (Wildman–Crippen LogP) is 2.79. The van der Waals surface area contributed by atoms with E-state index in [9.17, 15) is 5.11 Å². The van der Waals surface area contributed by atoms with Crippen molar-refractivity contribution in [1.82, 2.24) is 5.32 Å². The van der Waals surface area contributed by atoms with E-state index in [1.165, 1.54) is 24.0 Å². The first-order chi connectivity index (χ1) is 8.81. The molecule has 1 aliphatic rings. The Morgan fingerprint density at radius 2 is 2.28 bits per heavy atom. The Hall–Kier alpha value is -1.06. The van der Waals surface area contributed by atoms with Crippen LogP contribution in [0.4, 0.5) is 0 Å². The first-order valence-electron chi connectivity index (χ1n) is 6.85. The Kier molecular flexibility index (Phi) is 5.02. The third kappa shape index (κ3) is 3.47. The third-order valence-electron chi connectivity index (χ3n) is 3.61. The Labute approximate surface area is 109 Å². The molecule has 0 radical (unpaired) electrons. The number of phenolic OH excluding ortho intramolecular Hbond substituents is 1. The summed E-state index contributed by atoms with van der Waals surface area (Å²) in [6.07, 6.45) is 5.75. The molecule has 1 unspecified atom stereocenters. The molecule has 18 heavy (non-hydrogen) atoms. The number of rotatable bonds is 6. The molecule has 1 aromatic carbocycles. The Morgan fingerprint density at radius 1 is 1.39 bits per heavy atom. The van der Waals surface area contributed by atoms with Crippen LogP contribution in [0.1, 0.15) is 42.9 Å². The summed E-state index contributed by atoms with van der Waals surface area (Å²) >= 11 is 0.